The molecule has 2 aromatic heterocycles. The van der Waals surface area contributed by atoms with Crippen LogP contribution < -0.4 is 0 Å². The summed E-state index contributed by atoms with van der Waals surface area (Å²) in [5.41, 5.74) is 3.25. The summed E-state index contributed by atoms with van der Waals surface area (Å²) >= 11 is 0. The van der Waals surface area contributed by atoms with E-state index in [0.29, 0.717) is 12.6 Å². The first-order valence-electron chi connectivity index (χ1n) is 9.02. The number of aryl methyl sites for hydroxylation is 2. The first kappa shape index (κ1) is 16.3. The molecule has 132 valence electrons. The molecule has 0 N–H and O–H groups in total. The molecule has 6 nitrogen and oxygen atoms in total. The molecule has 2 aliphatic heterocycles. The number of hydrogen-bond donors (Lipinski definition) is 0. The third kappa shape index (κ3) is 3.31. The van der Waals surface area contributed by atoms with Gasteiger partial charge in [0, 0.05) is 50.3 Å². The largest absolute Gasteiger partial charge is 0.339 e. The summed E-state index contributed by atoms with van der Waals surface area (Å²) in [7, 11) is 0. The number of amides is 1. The van der Waals surface area contributed by atoms with E-state index in [1.54, 1.807) is 0 Å². The Morgan fingerprint density at radius 1 is 1.32 bits per heavy atom. The van der Waals surface area contributed by atoms with Gasteiger partial charge in [-0.15, -0.1) is 0 Å². The van der Waals surface area contributed by atoms with Gasteiger partial charge in [-0.3, -0.25) is 19.4 Å². The molecule has 2 atom stereocenters. The Morgan fingerprint density at radius 2 is 2.20 bits per heavy atom. The Bertz CT molecular complexity index is 756. The predicted octanol–water partition coefficient (Wildman–Crippen LogP) is 1.63. The van der Waals surface area contributed by atoms with Crippen molar-refractivity contribution in [2.24, 2.45) is 5.92 Å². The summed E-state index contributed by atoms with van der Waals surface area (Å²) in [6.07, 6.45) is 4.85. The second kappa shape index (κ2) is 6.59. The number of hydrogen-bond acceptors (Lipinski definition) is 4. The zero-order valence-corrected chi connectivity index (χ0v) is 14.9. The van der Waals surface area contributed by atoms with Crippen LogP contribution in [0.4, 0.5) is 0 Å². The molecule has 0 radical (unpaired) electrons. The molecular formula is C19H25N5O. The van der Waals surface area contributed by atoms with Crippen LogP contribution in [0, 0.1) is 19.8 Å². The second-order valence-electron chi connectivity index (χ2n) is 7.33. The van der Waals surface area contributed by atoms with Crippen molar-refractivity contribution < 1.29 is 4.79 Å². The lowest BCUT2D eigenvalue weighted by molar-refractivity contribution is -0.139. The maximum absolute atomic E-state index is 12.7. The molecule has 2 aromatic rings. The highest BCUT2D eigenvalue weighted by Gasteiger charge is 2.43. The van der Waals surface area contributed by atoms with Gasteiger partial charge in [-0.2, -0.15) is 5.10 Å². The average molecular weight is 339 g/mol. The SMILES string of the molecule is Cc1cc(C)n(CC(=O)N2CC[C@@H]3CN(Cc4cccnc4)[C@@H]3C2)n1. The van der Waals surface area contributed by atoms with Crippen LogP contribution in [0.2, 0.25) is 0 Å². The number of carbonyl (C=O) groups is 1. The van der Waals surface area contributed by atoms with Crippen LogP contribution in [0.5, 0.6) is 0 Å². The molecule has 4 heterocycles. The van der Waals surface area contributed by atoms with Crippen LogP contribution in [0.1, 0.15) is 23.4 Å². The second-order valence-corrected chi connectivity index (χ2v) is 7.33. The molecule has 2 fully saturated rings. The zero-order chi connectivity index (χ0) is 17.4. The minimum absolute atomic E-state index is 0.179. The van der Waals surface area contributed by atoms with Crippen molar-refractivity contribution in [3.8, 4) is 0 Å². The van der Waals surface area contributed by atoms with E-state index in [9.17, 15) is 4.79 Å². The van der Waals surface area contributed by atoms with E-state index >= 15 is 0 Å². The lowest BCUT2D eigenvalue weighted by atomic mass is 9.82. The van der Waals surface area contributed by atoms with Crippen LogP contribution >= 0.6 is 0 Å². The Balaban J connectivity index is 1.37. The number of pyridine rings is 1. The standard InChI is InChI=1S/C19H25N5O/c1-14-8-15(2)24(21-14)13-19(25)22-7-5-17-11-23(18(17)12-22)10-16-4-3-6-20-9-16/h3-4,6,8-9,17-18H,5,7,10-13H2,1-2H3/t17-,18-/m1/s1. The molecule has 2 aliphatic rings. The summed E-state index contributed by atoms with van der Waals surface area (Å²) in [6, 6.07) is 6.60. The van der Waals surface area contributed by atoms with E-state index in [0.717, 1.165) is 49.9 Å². The van der Waals surface area contributed by atoms with Crippen molar-refractivity contribution in [3.05, 3.63) is 47.5 Å². The number of rotatable bonds is 4. The highest BCUT2D eigenvalue weighted by Crippen LogP contribution is 2.33. The monoisotopic (exact) mass is 339 g/mol. The van der Waals surface area contributed by atoms with Crippen molar-refractivity contribution in [3.63, 3.8) is 0 Å². The van der Waals surface area contributed by atoms with Gasteiger partial charge in [0.05, 0.1) is 5.69 Å². The van der Waals surface area contributed by atoms with Crippen LogP contribution in [-0.4, -0.2) is 56.1 Å². The molecule has 0 unspecified atom stereocenters. The molecule has 25 heavy (non-hydrogen) atoms. The van der Waals surface area contributed by atoms with Crippen molar-refractivity contribution >= 4 is 5.91 Å². The number of piperidine rings is 1. The van der Waals surface area contributed by atoms with Gasteiger partial charge in [-0.25, -0.2) is 0 Å². The Labute approximate surface area is 148 Å². The highest BCUT2D eigenvalue weighted by atomic mass is 16.2. The first-order valence-corrected chi connectivity index (χ1v) is 9.02. The first-order chi connectivity index (χ1) is 12.1. The van der Waals surface area contributed by atoms with E-state index in [4.69, 9.17) is 0 Å². The maximum atomic E-state index is 12.7. The molecule has 1 amide bonds. The normalized spacial score (nSPS) is 23.2. The van der Waals surface area contributed by atoms with Gasteiger partial charge < -0.3 is 4.90 Å². The van der Waals surface area contributed by atoms with Crippen molar-refractivity contribution in [1.29, 1.82) is 0 Å². The summed E-state index contributed by atoms with van der Waals surface area (Å²) in [6.45, 7) is 8.08. The fourth-order valence-corrected chi connectivity index (χ4v) is 4.10. The minimum Gasteiger partial charge on any atom is -0.339 e. The van der Waals surface area contributed by atoms with Crippen molar-refractivity contribution in [2.75, 3.05) is 19.6 Å². The molecule has 4 rings (SSSR count). The average Bonchev–Trinajstić information content (AvgIpc) is 2.91. The van der Waals surface area contributed by atoms with Gasteiger partial charge in [-0.05, 0) is 43.9 Å². The molecule has 6 heteroatoms. The number of fused-ring (bicyclic) bond motifs is 1. The molecule has 2 saturated heterocycles. The summed E-state index contributed by atoms with van der Waals surface area (Å²) in [4.78, 5) is 21.4. The Hall–Kier alpha value is -2.21. The summed E-state index contributed by atoms with van der Waals surface area (Å²) < 4.78 is 1.82. The van der Waals surface area contributed by atoms with Gasteiger partial charge in [0.15, 0.2) is 0 Å². The number of aromatic nitrogens is 3. The molecule has 0 bridgehead atoms. The predicted molar refractivity (Wildman–Crippen MR) is 94.8 cm³/mol. The van der Waals surface area contributed by atoms with E-state index in [-0.39, 0.29) is 5.91 Å². The van der Waals surface area contributed by atoms with E-state index in [1.165, 1.54) is 5.56 Å². The van der Waals surface area contributed by atoms with Gasteiger partial charge in [0.1, 0.15) is 6.54 Å². The quantitative estimate of drug-likeness (QED) is 0.850. The van der Waals surface area contributed by atoms with Crippen molar-refractivity contribution in [2.45, 2.75) is 39.4 Å². The number of likely N-dealkylation sites (tertiary alicyclic amines) is 2. The van der Waals surface area contributed by atoms with Crippen molar-refractivity contribution in [1.82, 2.24) is 24.6 Å². The minimum atomic E-state index is 0.179. The van der Waals surface area contributed by atoms with Gasteiger partial charge in [0.2, 0.25) is 5.91 Å². The van der Waals surface area contributed by atoms with E-state index in [1.807, 2.05) is 48.0 Å². The lowest BCUT2D eigenvalue weighted by Crippen LogP contribution is -2.64. The lowest BCUT2D eigenvalue weighted by Gasteiger charge is -2.53. The molecule has 0 saturated carbocycles. The van der Waals surface area contributed by atoms with Crippen LogP contribution in [0.15, 0.2) is 30.6 Å². The molecular weight excluding hydrogens is 314 g/mol. The third-order valence-corrected chi connectivity index (χ3v) is 5.51. The molecule has 0 spiro atoms. The fourth-order valence-electron chi connectivity index (χ4n) is 4.10. The smallest absolute Gasteiger partial charge is 0.244 e. The van der Waals surface area contributed by atoms with Crippen LogP contribution in [0.3, 0.4) is 0 Å². The molecule has 0 aliphatic carbocycles. The third-order valence-electron chi connectivity index (χ3n) is 5.51. The van der Waals surface area contributed by atoms with E-state index in [2.05, 4.69) is 21.0 Å². The molecule has 0 aromatic carbocycles. The zero-order valence-electron chi connectivity index (χ0n) is 14.9. The summed E-state index contributed by atoms with van der Waals surface area (Å²) in [5, 5.41) is 4.42. The fraction of sp³-hybridized carbons (Fsp3) is 0.526. The van der Waals surface area contributed by atoms with Gasteiger partial charge in [-0.1, -0.05) is 6.07 Å². The summed E-state index contributed by atoms with van der Waals surface area (Å²) in [5.74, 6) is 0.910. The van der Waals surface area contributed by atoms with Crippen LogP contribution in [0.25, 0.3) is 0 Å². The maximum Gasteiger partial charge on any atom is 0.244 e. The topological polar surface area (TPSA) is 54.3 Å². The van der Waals surface area contributed by atoms with E-state index < -0.39 is 0 Å². The van der Waals surface area contributed by atoms with Gasteiger partial charge >= 0.3 is 0 Å². The van der Waals surface area contributed by atoms with Gasteiger partial charge in [0.25, 0.3) is 0 Å². The number of nitrogens with zero attached hydrogens (tertiary/aromatic N) is 5. The van der Waals surface area contributed by atoms with Crippen LogP contribution in [-0.2, 0) is 17.9 Å². The highest BCUT2D eigenvalue weighted by molar-refractivity contribution is 5.76. The number of carbonyl (C=O) groups excluding carboxylic acids is 1. The Morgan fingerprint density at radius 3 is 2.92 bits per heavy atom. The Kier molecular flexibility index (Phi) is 4.29.